The van der Waals surface area contributed by atoms with Crippen LogP contribution in [0.25, 0.3) is 0 Å². The lowest BCUT2D eigenvalue weighted by atomic mass is 10.1. The van der Waals surface area contributed by atoms with Crippen molar-refractivity contribution in [1.82, 2.24) is 10.3 Å². The van der Waals surface area contributed by atoms with E-state index in [0.29, 0.717) is 28.5 Å². The van der Waals surface area contributed by atoms with Gasteiger partial charge in [0.2, 0.25) is 0 Å². The average Bonchev–Trinajstić information content (AvgIpc) is 2.82. The number of thiazole rings is 1. The van der Waals surface area contributed by atoms with Gasteiger partial charge in [-0.1, -0.05) is 29.5 Å². The monoisotopic (exact) mass is 294 g/mol. The van der Waals surface area contributed by atoms with Crippen LogP contribution in [0.2, 0.25) is 0 Å². The molecule has 0 aliphatic rings. The van der Waals surface area contributed by atoms with E-state index in [-0.39, 0.29) is 17.5 Å². The molecule has 1 amide bonds. The number of carbonyl (C=O) groups excluding carboxylic acids is 1. The van der Waals surface area contributed by atoms with Gasteiger partial charge in [0, 0.05) is 13.6 Å². The minimum absolute atomic E-state index is 0.197. The lowest BCUT2D eigenvalue weighted by Crippen LogP contribution is -2.25. The minimum atomic E-state index is -0.294. The molecule has 0 aliphatic heterocycles. The number of carbonyl (C=O) groups is 1. The van der Waals surface area contributed by atoms with Gasteiger partial charge in [-0.2, -0.15) is 0 Å². The Morgan fingerprint density at radius 1 is 1.45 bits per heavy atom. The summed E-state index contributed by atoms with van der Waals surface area (Å²) in [5.74, 6) is -0.364. The summed E-state index contributed by atoms with van der Waals surface area (Å²) in [6.45, 7) is 0.339. The molecule has 1 aromatic heterocycles. The van der Waals surface area contributed by atoms with E-state index in [9.17, 15) is 9.18 Å². The van der Waals surface area contributed by atoms with Crippen molar-refractivity contribution in [3.8, 4) is 0 Å². The highest BCUT2D eigenvalue weighted by molar-refractivity contribution is 7.18. The van der Waals surface area contributed by atoms with Crippen LogP contribution in [0.5, 0.6) is 0 Å². The van der Waals surface area contributed by atoms with Gasteiger partial charge in [0.15, 0.2) is 5.13 Å². The molecular weight excluding hydrogens is 279 g/mol. The standard InChI is InChI=1S/C13H15FN4OS/c1-16-13-18-11(15)10(20-13)12(19)17-7-6-8-4-2-3-5-9(8)14/h2-5H,6-7,15H2,1H3,(H,16,18)(H,17,19). The van der Waals surface area contributed by atoms with Crippen LogP contribution in [-0.4, -0.2) is 24.5 Å². The summed E-state index contributed by atoms with van der Waals surface area (Å²) in [7, 11) is 1.71. The van der Waals surface area contributed by atoms with Gasteiger partial charge in [-0.25, -0.2) is 9.37 Å². The van der Waals surface area contributed by atoms with E-state index in [1.54, 1.807) is 25.2 Å². The van der Waals surface area contributed by atoms with Crippen LogP contribution in [0, 0.1) is 5.82 Å². The molecule has 4 N–H and O–H groups in total. The number of nitrogens with two attached hydrogens (primary N) is 1. The molecule has 0 spiro atoms. The van der Waals surface area contributed by atoms with Crippen LogP contribution in [0.1, 0.15) is 15.2 Å². The van der Waals surface area contributed by atoms with E-state index in [2.05, 4.69) is 15.6 Å². The molecule has 0 bridgehead atoms. The fourth-order valence-electron chi connectivity index (χ4n) is 1.69. The first-order valence-electron chi connectivity index (χ1n) is 6.07. The molecule has 2 aromatic rings. The Balaban J connectivity index is 1.92. The number of amides is 1. The molecule has 0 fully saturated rings. The maximum atomic E-state index is 13.4. The molecule has 0 atom stereocenters. The van der Waals surface area contributed by atoms with Gasteiger partial charge in [-0.3, -0.25) is 4.79 Å². The molecule has 1 heterocycles. The first kappa shape index (κ1) is 14.3. The molecule has 1 aromatic carbocycles. The molecule has 0 radical (unpaired) electrons. The predicted octanol–water partition coefficient (Wildman–Crippen LogP) is 1.88. The summed E-state index contributed by atoms with van der Waals surface area (Å²) in [5.41, 5.74) is 6.23. The zero-order chi connectivity index (χ0) is 14.5. The third-order valence-corrected chi connectivity index (χ3v) is 3.80. The van der Waals surface area contributed by atoms with Crippen LogP contribution >= 0.6 is 11.3 Å². The third kappa shape index (κ3) is 3.24. The molecule has 0 saturated carbocycles. The van der Waals surface area contributed by atoms with E-state index >= 15 is 0 Å². The number of rotatable bonds is 5. The van der Waals surface area contributed by atoms with E-state index < -0.39 is 0 Å². The normalized spacial score (nSPS) is 10.3. The minimum Gasteiger partial charge on any atom is -0.382 e. The Kier molecular flexibility index (Phi) is 4.52. The van der Waals surface area contributed by atoms with Crippen molar-refractivity contribution in [3.63, 3.8) is 0 Å². The van der Waals surface area contributed by atoms with Crippen LogP contribution < -0.4 is 16.4 Å². The Morgan fingerprint density at radius 2 is 2.20 bits per heavy atom. The van der Waals surface area contributed by atoms with Gasteiger partial charge in [0.1, 0.15) is 16.5 Å². The number of nitrogen functional groups attached to an aromatic ring is 1. The Labute approximate surface area is 120 Å². The molecule has 7 heteroatoms. The first-order valence-corrected chi connectivity index (χ1v) is 6.89. The van der Waals surface area contributed by atoms with Gasteiger partial charge >= 0.3 is 0 Å². The number of nitrogens with zero attached hydrogens (tertiary/aromatic N) is 1. The summed E-state index contributed by atoms with van der Waals surface area (Å²) < 4.78 is 13.4. The topological polar surface area (TPSA) is 80.0 Å². The van der Waals surface area contributed by atoms with Gasteiger partial charge < -0.3 is 16.4 Å². The number of nitrogens with one attached hydrogen (secondary N) is 2. The fraction of sp³-hybridized carbons (Fsp3) is 0.231. The van der Waals surface area contributed by atoms with Crippen molar-refractivity contribution in [2.45, 2.75) is 6.42 Å². The smallest absolute Gasteiger partial charge is 0.265 e. The van der Waals surface area contributed by atoms with E-state index in [1.807, 2.05) is 0 Å². The van der Waals surface area contributed by atoms with Crippen molar-refractivity contribution in [3.05, 3.63) is 40.5 Å². The number of hydrogen-bond acceptors (Lipinski definition) is 5. The maximum absolute atomic E-state index is 13.4. The van der Waals surface area contributed by atoms with E-state index in [4.69, 9.17) is 5.73 Å². The molecule has 0 aliphatic carbocycles. The highest BCUT2D eigenvalue weighted by Gasteiger charge is 2.15. The largest absolute Gasteiger partial charge is 0.382 e. The van der Waals surface area contributed by atoms with Crippen LogP contribution in [-0.2, 0) is 6.42 Å². The van der Waals surface area contributed by atoms with E-state index in [0.717, 1.165) is 0 Å². The van der Waals surface area contributed by atoms with Gasteiger partial charge in [0.05, 0.1) is 0 Å². The fourth-order valence-corrected chi connectivity index (χ4v) is 2.45. The number of hydrogen-bond donors (Lipinski definition) is 3. The molecule has 0 unspecified atom stereocenters. The summed E-state index contributed by atoms with van der Waals surface area (Å²) in [4.78, 5) is 16.3. The summed E-state index contributed by atoms with van der Waals surface area (Å²) in [5, 5.41) is 6.13. The first-order chi connectivity index (χ1) is 9.61. The third-order valence-electron chi connectivity index (χ3n) is 2.71. The molecule has 106 valence electrons. The van der Waals surface area contributed by atoms with Gasteiger partial charge in [-0.05, 0) is 18.1 Å². The Hall–Kier alpha value is -2.15. The number of benzene rings is 1. The SMILES string of the molecule is CNc1nc(N)c(C(=O)NCCc2ccccc2F)s1. The van der Waals surface area contributed by atoms with Crippen molar-refractivity contribution >= 4 is 28.2 Å². The summed E-state index contributed by atoms with van der Waals surface area (Å²) >= 11 is 1.18. The highest BCUT2D eigenvalue weighted by Crippen LogP contribution is 2.24. The number of anilines is 2. The van der Waals surface area contributed by atoms with Crippen molar-refractivity contribution in [2.24, 2.45) is 0 Å². The second-order valence-corrected chi connectivity index (χ2v) is 5.08. The highest BCUT2D eigenvalue weighted by atomic mass is 32.1. The second kappa shape index (κ2) is 6.33. The zero-order valence-electron chi connectivity index (χ0n) is 10.9. The van der Waals surface area contributed by atoms with Crippen LogP contribution in [0.3, 0.4) is 0 Å². The summed E-state index contributed by atoms with van der Waals surface area (Å²) in [6.07, 6.45) is 0.427. The molecule has 20 heavy (non-hydrogen) atoms. The zero-order valence-corrected chi connectivity index (χ0v) is 11.8. The number of aromatic nitrogens is 1. The van der Waals surface area contributed by atoms with Crippen LogP contribution in [0.4, 0.5) is 15.3 Å². The van der Waals surface area contributed by atoms with Gasteiger partial charge in [0.25, 0.3) is 5.91 Å². The maximum Gasteiger partial charge on any atom is 0.265 e. The lowest BCUT2D eigenvalue weighted by Gasteiger charge is -2.05. The lowest BCUT2D eigenvalue weighted by molar-refractivity contribution is 0.0958. The quantitative estimate of drug-likeness (QED) is 0.786. The summed E-state index contributed by atoms with van der Waals surface area (Å²) in [6, 6.07) is 6.49. The van der Waals surface area contributed by atoms with Gasteiger partial charge in [-0.15, -0.1) is 0 Å². The number of halogens is 1. The second-order valence-electron chi connectivity index (χ2n) is 4.08. The Bertz CT molecular complexity index is 614. The Morgan fingerprint density at radius 3 is 2.85 bits per heavy atom. The van der Waals surface area contributed by atoms with Crippen molar-refractivity contribution in [1.29, 1.82) is 0 Å². The molecule has 5 nitrogen and oxygen atoms in total. The molecular formula is C13H15FN4OS. The average molecular weight is 294 g/mol. The van der Waals surface area contributed by atoms with E-state index in [1.165, 1.54) is 17.4 Å². The molecule has 0 saturated heterocycles. The molecule has 2 rings (SSSR count). The van der Waals surface area contributed by atoms with Crippen molar-refractivity contribution < 1.29 is 9.18 Å². The van der Waals surface area contributed by atoms with Crippen LogP contribution in [0.15, 0.2) is 24.3 Å². The van der Waals surface area contributed by atoms with Crippen molar-refractivity contribution in [2.75, 3.05) is 24.6 Å². The predicted molar refractivity (Wildman–Crippen MR) is 78.5 cm³/mol.